The lowest BCUT2D eigenvalue weighted by molar-refractivity contribution is -0.121. The molecular formula is C24H24N6O2. The highest BCUT2D eigenvalue weighted by atomic mass is 16.5. The van der Waals surface area contributed by atoms with E-state index >= 15 is 0 Å². The number of aromatic nitrogens is 4. The van der Waals surface area contributed by atoms with Crippen LogP contribution in [0.2, 0.25) is 0 Å². The van der Waals surface area contributed by atoms with E-state index in [2.05, 4.69) is 24.8 Å². The van der Waals surface area contributed by atoms with Gasteiger partial charge in [-0.15, -0.1) is 0 Å². The Labute approximate surface area is 186 Å². The fourth-order valence-corrected chi connectivity index (χ4v) is 4.97. The highest BCUT2D eigenvalue weighted by Crippen LogP contribution is 2.46. The van der Waals surface area contributed by atoms with Crippen LogP contribution in [0, 0.1) is 6.92 Å². The summed E-state index contributed by atoms with van der Waals surface area (Å²) in [6.07, 6.45) is 8.23. The molecule has 1 amide bonds. The summed E-state index contributed by atoms with van der Waals surface area (Å²) in [5, 5.41) is 0. The standard InChI is InChI=1S/C24H24N6O2/c1-14-25-8-16(9-26-14)15-4-5-19-20(6-15)30(23(31)24(19,2)3)22-11-27-21(10-28-22)29-17-7-18(29)13-32-12-17/h4-6,8-11,17-18H,7,12-13H2,1-3H3/t17-,18?/m1/s1. The summed E-state index contributed by atoms with van der Waals surface area (Å²) in [4.78, 5) is 35.3. The van der Waals surface area contributed by atoms with Gasteiger partial charge < -0.3 is 9.64 Å². The lowest BCUT2D eigenvalue weighted by atomic mass is 9.85. The Kier molecular flexibility index (Phi) is 4.10. The summed E-state index contributed by atoms with van der Waals surface area (Å²) in [5.74, 6) is 2.09. The molecular weight excluding hydrogens is 404 g/mol. The van der Waals surface area contributed by atoms with Gasteiger partial charge in [-0.3, -0.25) is 9.69 Å². The first-order valence-corrected chi connectivity index (χ1v) is 10.9. The normalized spacial score (nSPS) is 23.2. The van der Waals surface area contributed by atoms with Crippen LogP contribution in [0.3, 0.4) is 0 Å². The molecule has 2 saturated heterocycles. The van der Waals surface area contributed by atoms with Gasteiger partial charge in [-0.25, -0.2) is 19.9 Å². The van der Waals surface area contributed by atoms with Crippen molar-refractivity contribution in [3.63, 3.8) is 0 Å². The van der Waals surface area contributed by atoms with Crippen molar-refractivity contribution >= 4 is 23.2 Å². The van der Waals surface area contributed by atoms with Gasteiger partial charge in [0.2, 0.25) is 5.91 Å². The van der Waals surface area contributed by atoms with Crippen LogP contribution in [0.25, 0.3) is 11.1 Å². The fourth-order valence-electron chi connectivity index (χ4n) is 4.97. The van der Waals surface area contributed by atoms with E-state index in [1.165, 1.54) is 0 Å². The molecule has 2 fully saturated rings. The van der Waals surface area contributed by atoms with Crippen LogP contribution in [0.5, 0.6) is 0 Å². The molecule has 32 heavy (non-hydrogen) atoms. The fraction of sp³-hybridized carbons (Fsp3) is 0.375. The van der Waals surface area contributed by atoms with Crippen molar-refractivity contribution in [1.29, 1.82) is 0 Å². The summed E-state index contributed by atoms with van der Waals surface area (Å²) in [5.41, 5.74) is 3.01. The molecule has 3 aliphatic heterocycles. The van der Waals surface area contributed by atoms with Crippen molar-refractivity contribution in [3.8, 4) is 11.1 Å². The van der Waals surface area contributed by atoms with E-state index in [1.807, 2.05) is 39.0 Å². The maximum absolute atomic E-state index is 13.4. The van der Waals surface area contributed by atoms with Crippen molar-refractivity contribution in [1.82, 2.24) is 19.9 Å². The number of aryl methyl sites for hydroxylation is 1. The van der Waals surface area contributed by atoms with Gasteiger partial charge in [-0.1, -0.05) is 12.1 Å². The molecule has 2 atom stereocenters. The quantitative estimate of drug-likeness (QED) is 0.633. The minimum absolute atomic E-state index is 0.0129. The number of hydrogen-bond acceptors (Lipinski definition) is 7. The van der Waals surface area contributed by atoms with E-state index in [0.29, 0.717) is 17.9 Å². The first-order valence-electron chi connectivity index (χ1n) is 10.9. The molecule has 3 aliphatic rings. The number of morpholine rings is 1. The average Bonchev–Trinajstić information content (AvgIpc) is 3.00. The number of rotatable bonds is 3. The summed E-state index contributed by atoms with van der Waals surface area (Å²) >= 11 is 0. The van der Waals surface area contributed by atoms with E-state index in [4.69, 9.17) is 4.74 Å². The third-order valence-corrected chi connectivity index (χ3v) is 6.83. The SMILES string of the molecule is Cc1ncc(-c2ccc3c(c2)N(c2cnc(N4C5COC[C@H]4C5)cn2)C(=O)C3(C)C)cn1. The molecule has 2 aromatic heterocycles. The Morgan fingerprint density at radius 1 is 0.938 bits per heavy atom. The second kappa shape index (κ2) is 6.80. The highest BCUT2D eigenvalue weighted by Gasteiger charge is 2.46. The van der Waals surface area contributed by atoms with E-state index in [0.717, 1.165) is 53.7 Å². The molecule has 0 N–H and O–H groups in total. The Morgan fingerprint density at radius 3 is 2.28 bits per heavy atom. The number of fused-ring (bicyclic) bond motifs is 3. The van der Waals surface area contributed by atoms with Gasteiger partial charge in [0.1, 0.15) is 11.6 Å². The molecule has 0 spiro atoms. The third kappa shape index (κ3) is 2.75. The lowest BCUT2D eigenvalue weighted by Crippen LogP contribution is -2.64. The Morgan fingerprint density at radius 2 is 1.62 bits per heavy atom. The van der Waals surface area contributed by atoms with Gasteiger partial charge in [0.25, 0.3) is 0 Å². The van der Waals surface area contributed by atoms with Crippen molar-refractivity contribution in [2.45, 2.75) is 44.7 Å². The number of anilines is 3. The summed E-state index contributed by atoms with van der Waals surface area (Å²) in [7, 11) is 0. The minimum atomic E-state index is -0.649. The Bertz CT molecular complexity index is 1190. The second-order valence-corrected chi connectivity index (χ2v) is 9.24. The number of nitrogens with zero attached hydrogens (tertiary/aromatic N) is 6. The Hall–Kier alpha value is -3.39. The number of amides is 1. The molecule has 5 heterocycles. The van der Waals surface area contributed by atoms with Crippen molar-refractivity contribution in [2.75, 3.05) is 23.0 Å². The lowest BCUT2D eigenvalue weighted by Gasteiger charge is -2.52. The number of hydrogen-bond donors (Lipinski definition) is 0. The molecule has 6 rings (SSSR count). The van der Waals surface area contributed by atoms with E-state index in [9.17, 15) is 4.79 Å². The Balaban J connectivity index is 1.38. The molecule has 1 aromatic carbocycles. The van der Waals surface area contributed by atoms with Crippen LogP contribution in [-0.4, -0.2) is 51.1 Å². The zero-order valence-electron chi connectivity index (χ0n) is 18.3. The molecule has 0 saturated carbocycles. The number of benzene rings is 1. The molecule has 8 heteroatoms. The third-order valence-electron chi connectivity index (χ3n) is 6.83. The first kappa shape index (κ1) is 19.3. The molecule has 0 aliphatic carbocycles. The molecule has 0 radical (unpaired) electrons. The number of carbonyl (C=O) groups is 1. The van der Waals surface area contributed by atoms with Gasteiger partial charge in [-0.2, -0.15) is 0 Å². The van der Waals surface area contributed by atoms with Crippen LogP contribution in [-0.2, 0) is 14.9 Å². The maximum Gasteiger partial charge on any atom is 0.242 e. The van der Waals surface area contributed by atoms with Crippen LogP contribution in [0.4, 0.5) is 17.3 Å². The van der Waals surface area contributed by atoms with Crippen LogP contribution in [0.15, 0.2) is 43.0 Å². The van der Waals surface area contributed by atoms with Crippen molar-refractivity contribution < 1.29 is 9.53 Å². The zero-order valence-corrected chi connectivity index (χ0v) is 18.3. The summed E-state index contributed by atoms with van der Waals surface area (Å²) < 4.78 is 5.57. The van der Waals surface area contributed by atoms with Gasteiger partial charge in [-0.05, 0) is 44.4 Å². The van der Waals surface area contributed by atoms with Crippen LogP contribution < -0.4 is 9.80 Å². The van der Waals surface area contributed by atoms with E-state index < -0.39 is 5.41 Å². The maximum atomic E-state index is 13.4. The average molecular weight is 428 g/mol. The van der Waals surface area contributed by atoms with Gasteiger partial charge >= 0.3 is 0 Å². The number of carbonyl (C=O) groups excluding carboxylic acids is 1. The predicted molar refractivity (Wildman–Crippen MR) is 120 cm³/mol. The monoisotopic (exact) mass is 428 g/mol. The smallest absolute Gasteiger partial charge is 0.242 e. The van der Waals surface area contributed by atoms with Gasteiger partial charge in [0, 0.05) is 18.0 Å². The largest absolute Gasteiger partial charge is 0.377 e. The molecule has 2 bridgehead atoms. The van der Waals surface area contributed by atoms with Gasteiger partial charge in [0.05, 0.1) is 48.8 Å². The van der Waals surface area contributed by atoms with E-state index in [-0.39, 0.29) is 5.91 Å². The second-order valence-electron chi connectivity index (χ2n) is 9.24. The minimum Gasteiger partial charge on any atom is -0.377 e. The number of ether oxygens (including phenoxy) is 1. The van der Waals surface area contributed by atoms with Crippen molar-refractivity contribution in [3.05, 3.63) is 54.4 Å². The summed E-state index contributed by atoms with van der Waals surface area (Å²) in [6, 6.07) is 6.81. The van der Waals surface area contributed by atoms with Crippen LogP contribution >= 0.6 is 0 Å². The first-order chi connectivity index (χ1) is 15.4. The van der Waals surface area contributed by atoms with Crippen molar-refractivity contribution in [2.24, 2.45) is 0 Å². The van der Waals surface area contributed by atoms with E-state index in [1.54, 1.807) is 29.7 Å². The molecule has 1 unspecified atom stereocenters. The molecule has 162 valence electrons. The highest BCUT2D eigenvalue weighted by molar-refractivity contribution is 6.12. The predicted octanol–water partition coefficient (Wildman–Crippen LogP) is 3.18. The molecule has 8 nitrogen and oxygen atoms in total. The summed E-state index contributed by atoms with van der Waals surface area (Å²) in [6.45, 7) is 7.23. The zero-order chi connectivity index (χ0) is 22.0. The van der Waals surface area contributed by atoms with Crippen LogP contribution in [0.1, 0.15) is 31.7 Å². The van der Waals surface area contributed by atoms with Gasteiger partial charge in [0.15, 0.2) is 5.82 Å². The topological polar surface area (TPSA) is 84.3 Å². The molecule has 3 aromatic rings.